The minimum atomic E-state index is -1.06. The Hall–Kier alpha value is -1.89. The molecule has 7 heteroatoms. The number of carbonyl (C=O) groups is 2. The molecule has 1 saturated heterocycles. The Balaban J connectivity index is 1.84. The first kappa shape index (κ1) is 19.4. The van der Waals surface area contributed by atoms with Gasteiger partial charge in [-0.1, -0.05) is 0 Å². The minimum absolute atomic E-state index is 0.237. The highest BCUT2D eigenvalue weighted by Gasteiger charge is 2.30. The molecule has 0 N–H and O–H groups in total. The van der Waals surface area contributed by atoms with Gasteiger partial charge in [-0.05, 0) is 57.9 Å². The molecule has 1 unspecified atom stereocenters. The Labute approximate surface area is 150 Å². The molecule has 0 bridgehead atoms. The minimum Gasteiger partial charge on any atom is -0.444 e. The standard InChI is InChI=1S/C18H25NO5S/c1-18(2,3)24-17(21)19-11-9-13(10-12-19)16(20)23-14-5-7-15(8-6-14)25(4)22/h5-8,13H,9-12H2,1-4H3. The predicted molar refractivity (Wildman–Crippen MR) is 94.9 cm³/mol. The van der Waals surface area contributed by atoms with Crippen molar-refractivity contribution < 1.29 is 23.3 Å². The van der Waals surface area contributed by atoms with E-state index in [9.17, 15) is 13.8 Å². The normalized spacial score (nSPS) is 17.0. The van der Waals surface area contributed by atoms with Gasteiger partial charge in [0.1, 0.15) is 11.4 Å². The summed E-state index contributed by atoms with van der Waals surface area (Å²) >= 11 is 0. The molecule has 6 nitrogen and oxygen atoms in total. The monoisotopic (exact) mass is 367 g/mol. The molecule has 1 aliphatic heterocycles. The molecule has 1 aromatic rings. The molecule has 1 aliphatic rings. The van der Waals surface area contributed by atoms with E-state index in [1.54, 1.807) is 35.4 Å². The van der Waals surface area contributed by atoms with Crippen molar-refractivity contribution in [1.29, 1.82) is 0 Å². The summed E-state index contributed by atoms with van der Waals surface area (Å²) in [6.45, 7) is 6.43. The van der Waals surface area contributed by atoms with E-state index in [4.69, 9.17) is 9.47 Å². The van der Waals surface area contributed by atoms with Crippen molar-refractivity contribution in [3.8, 4) is 5.75 Å². The van der Waals surface area contributed by atoms with Gasteiger partial charge in [0.25, 0.3) is 0 Å². The number of nitrogens with zero attached hydrogens (tertiary/aromatic N) is 1. The zero-order valence-electron chi connectivity index (χ0n) is 15.1. The number of likely N-dealkylation sites (tertiary alicyclic amines) is 1. The molecule has 1 amide bonds. The number of hydrogen-bond acceptors (Lipinski definition) is 5. The first-order valence-corrected chi connectivity index (χ1v) is 9.84. The smallest absolute Gasteiger partial charge is 0.410 e. The molecule has 0 spiro atoms. The second kappa shape index (κ2) is 7.99. The van der Waals surface area contributed by atoms with Crippen LogP contribution in [0.3, 0.4) is 0 Å². The van der Waals surface area contributed by atoms with Crippen LogP contribution in [0.4, 0.5) is 4.79 Å². The van der Waals surface area contributed by atoms with Crippen molar-refractivity contribution in [2.24, 2.45) is 5.92 Å². The van der Waals surface area contributed by atoms with Crippen LogP contribution in [0.2, 0.25) is 0 Å². The first-order chi connectivity index (χ1) is 11.7. The molecule has 0 radical (unpaired) electrons. The van der Waals surface area contributed by atoms with Crippen LogP contribution in [0.5, 0.6) is 5.75 Å². The molecule has 138 valence electrons. The quantitative estimate of drug-likeness (QED) is 0.607. The lowest BCUT2D eigenvalue weighted by molar-refractivity contribution is -0.140. The van der Waals surface area contributed by atoms with Crippen molar-refractivity contribution in [2.45, 2.75) is 44.1 Å². The maximum atomic E-state index is 12.3. The first-order valence-electron chi connectivity index (χ1n) is 8.29. The van der Waals surface area contributed by atoms with Gasteiger partial charge in [0.05, 0.1) is 5.92 Å². The number of carbonyl (C=O) groups excluding carboxylic acids is 2. The summed E-state index contributed by atoms with van der Waals surface area (Å²) in [6.07, 6.45) is 2.35. The van der Waals surface area contributed by atoms with Gasteiger partial charge in [-0.15, -0.1) is 0 Å². The fraction of sp³-hybridized carbons (Fsp3) is 0.556. The van der Waals surface area contributed by atoms with E-state index in [-0.39, 0.29) is 18.0 Å². The lowest BCUT2D eigenvalue weighted by atomic mass is 9.97. The van der Waals surface area contributed by atoms with E-state index in [1.807, 2.05) is 20.8 Å². The van der Waals surface area contributed by atoms with Gasteiger partial charge in [-0.2, -0.15) is 0 Å². The summed E-state index contributed by atoms with van der Waals surface area (Å²) in [5, 5.41) is 0. The van der Waals surface area contributed by atoms with Crippen LogP contribution in [-0.4, -0.2) is 46.1 Å². The zero-order chi connectivity index (χ0) is 18.6. The molecule has 25 heavy (non-hydrogen) atoms. The lowest BCUT2D eigenvalue weighted by Gasteiger charge is -2.32. The van der Waals surface area contributed by atoms with Crippen LogP contribution in [-0.2, 0) is 20.3 Å². The second-order valence-electron chi connectivity index (χ2n) is 7.09. The maximum absolute atomic E-state index is 12.3. The second-order valence-corrected chi connectivity index (χ2v) is 8.47. The molecule has 1 aromatic carbocycles. The highest BCUT2D eigenvalue weighted by atomic mass is 32.2. The van der Waals surface area contributed by atoms with Crippen molar-refractivity contribution in [2.75, 3.05) is 19.3 Å². The van der Waals surface area contributed by atoms with Crippen LogP contribution >= 0.6 is 0 Å². The molecule has 0 aliphatic carbocycles. The summed E-state index contributed by atoms with van der Waals surface area (Å²) in [5.41, 5.74) is -0.527. The van der Waals surface area contributed by atoms with Gasteiger partial charge in [0.15, 0.2) is 0 Å². The third kappa shape index (κ3) is 5.85. The largest absolute Gasteiger partial charge is 0.444 e. The number of amides is 1. The third-order valence-corrected chi connectivity index (χ3v) is 4.79. The summed E-state index contributed by atoms with van der Waals surface area (Å²) < 4.78 is 22.1. The highest BCUT2D eigenvalue weighted by Crippen LogP contribution is 2.22. The van der Waals surface area contributed by atoms with E-state index in [0.717, 1.165) is 0 Å². The number of ether oxygens (including phenoxy) is 2. The van der Waals surface area contributed by atoms with Crippen LogP contribution in [0.25, 0.3) is 0 Å². The Morgan fingerprint density at radius 1 is 1.12 bits per heavy atom. The number of hydrogen-bond donors (Lipinski definition) is 0. The van der Waals surface area contributed by atoms with Crippen molar-refractivity contribution in [3.63, 3.8) is 0 Å². The summed E-state index contributed by atoms with van der Waals surface area (Å²) in [4.78, 5) is 26.6. The summed E-state index contributed by atoms with van der Waals surface area (Å²) in [5.74, 6) is -0.0957. The molecule has 2 rings (SSSR count). The summed E-state index contributed by atoms with van der Waals surface area (Å²) in [7, 11) is -1.06. The molecular formula is C18H25NO5S. The van der Waals surface area contributed by atoms with E-state index in [1.165, 1.54) is 0 Å². The topological polar surface area (TPSA) is 72.9 Å². The van der Waals surface area contributed by atoms with E-state index in [2.05, 4.69) is 0 Å². The van der Waals surface area contributed by atoms with Gasteiger partial charge in [-0.3, -0.25) is 9.00 Å². The average molecular weight is 367 g/mol. The number of benzene rings is 1. The van der Waals surface area contributed by atoms with E-state index < -0.39 is 16.4 Å². The summed E-state index contributed by atoms with van der Waals surface area (Å²) in [6, 6.07) is 6.66. The molecule has 0 aromatic heterocycles. The third-order valence-electron chi connectivity index (χ3n) is 3.85. The van der Waals surface area contributed by atoms with Gasteiger partial charge in [0, 0.05) is 35.0 Å². The Bertz CT molecular complexity index is 642. The van der Waals surface area contributed by atoms with Crippen molar-refractivity contribution >= 4 is 22.9 Å². The van der Waals surface area contributed by atoms with Gasteiger partial charge in [0.2, 0.25) is 0 Å². The zero-order valence-corrected chi connectivity index (χ0v) is 15.9. The molecule has 1 heterocycles. The van der Waals surface area contributed by atoms with Gasteiger partial charge in [-0.25, -0.2) is 4.79 Å². The Kier molecular flexibility index (Phi) is 6.21. The Morgan fingerprint density at radius 3 is 2.16 bits per heavy atom. The number of piperidine rings is 1. The van der Waals surface area contributed by atoms with Gasteiger partial charge < -0.3 is 14.4 Å². The molecule has 1 atom stereocenters. The predicted octanol–water partition coefficient (Wildman–Crippen LogP) is 2.98. The lowest BCUT2D eigenvalue weighted by Crippen LogP contribution is -2.43. The van der Waals surface area contributed by atoms with Crippen LogP contribution in [0.15, 0.2) is 29.2 Å². The number of rotatable bonds is 3. The van der Waals surface area contributed by atoms with Gasteiger partial charge >= 0.3 is 12.1 Å². The fourth-order valence-electron chi connectivity index (χ4n) is 2.52. The maximum Gasteiger partial charge on any atom is 0.410 e. The SMILES string of the molecule is CS(=O)c1ccc(OC(=O)C2CCN(C(=O)OC(C)(C)C)CC2)cc1. The van der Waals surface area contributed by atoms with Crippen molar-refractivity contribution in [3.05, 3.63) is 24.3 Å². The molecule has 0 saturated carbocycles. The fourth-order valence-corrected chi connectivity index (χ4v) is 3.04. The molecular weight excluding hydrogens is 342 g/mol. The van der Waals surface area contributed by atoms with E-state index >= 15 is 0 Å². The van der Waals surface area contributed by atoms with Crippen LogP contribution < -0.4 is 4.74 Å². The highest BCUT2D eigenvalue weighted by molar-refractivity contribution is 7.84. The van der Waals surface area contributed by atoms with Crippen molar-refractivity contribution in [1.82, 2.24) is 4.90 Å². The Morgan fingerprint density at radius 2 is 1.68 bits per heavy atom. The van der Waals surface area contributed by atoms with Crippen LogP contribution in [0.1, 0.15) is 33.6 Å². The van der Waals surface area contributed by atoms with Crippen LogP contribution in [0, 0.1) is 5.92 Å². The average Bonchev–Trinajstić information content (AvgIpc) is 2.54. The van der Waals surface area contributed by atoms with E-state index in [0.29, 0.717) is 36.6 Å². The number of esters is 1. The molecule has 1 fully saturated rings.